The molecule has 1 aromatic heterocycles. The summed E-state index contributed by atoms with van der Waals surface area (Å²) in [7, 11) is 0. The van der Waals surface area contributed by atoms with E-state index in [1.54, 1.807) is 12.3 Å². The standard InChI is InChI=1S/C31H30FN3O2.C2H6/c1-22(2)31(3,21-25(30(36)37-32)13-9-10-16-33)28-20-24-12-8-7-11-23(24)19-27(28)29-34-17-18-35(29)26-14-5-4-6-15-26;1-2/h4-20,22,33H,21H2,1-3H3;1-2H3/b10-9-,25-13+,33-16?;/t31-;/m1./s1. The van der Waals surface area contributed by atoms with Crippen LogP contribution in [0.2, 0.25) is 0 Å². The first kappa shape index (κ1) is 29.2. The molecule has 39 heavy (non-hydrogen) atoms. The molecule has 0 radical (unpaired) electrons. The van der Waals surface area contributed by atoms with Gasteiger partial charge in [0.2, 0.25) is 0 Å². The normalized spacial score (nSPS) is 13.2. The van der Waals surface area contributed by atoms with Crippen LogP contribution in [-0.2, 0) is 15.2 Å². The molecule has 4 rings (SSSR count). The minimum Gasteiger partial charge on any atom is -0.309 e. The third-order valence-corrected chi connectivity index (χ3v) is 7.09. The summed E-state index contributed by atoms with van der Waals surface area (Å²) in [5, 5.41) is 9.35. The minimum atomic E-state index is -1.03. The molecular formula is C33H36FN3O2. The molecule has 0 fully saturated rings. The van der Waals surface area contributed by atoms with Crippen LogP contribution in [0.25, 0.3) is 27.8 Å². The molecule has 4 aromatic rings. The second kappa shape index (κ2) is 13.5. The lowest BCUT2D eigenvalue weighted by Crippen LogP contribution is -2.31. The number of imidazole rings is 1. The van der Waals surface area contributed by atoms with E-state index in [0.29, 0.717) is 0 Å². The van der Waals surface area contributed by atoms with Crippen LogP contribution < -0.4 is 0 Å². The van der Waals surface area contributed by atoms with Gasteiger partial charge in [-0.15, -0.1) is 0 Å². The van der Waals surface area contributed by atoms with E-state index in [1.807, 2.05) is 67.1 Å². The number of rotatable bonds is 9. The number of carbonyl (C=O) groups excluding carboxylic acids is 1. The highest BCUT2D eigenvalue weighted by atomic mass is 19.3. The van der Waals surface area contributed by atoms with E-state index < -0.39 is 11.4 Å². The Labute approximate surface area is 230 Å². The highest BCUT2D eigenvalue weighted by molar-refractivity contribution is 5.91. The Bertz CT molecular complexity index is 1470. The second-order valence-corrected chi connectivity index (χ2v) is 9.56. The highest BCUT2D eigenvalue weighted by Gasteiger charge is 2.36. The quantitative estimate of drug-likeness (QED) is 0.135. The Kier molecular flexibility index (Phi) is 10.1. The molecule has 0 spiro atoms. The van der Waals surface area contributed by atoms with Crippen LogP contribution in [0, 0.1) is 11.3 Å². The Hall–Kier alpha value is -4.32. The van der Waals surface area contributed by atoms with E-state index in [9.17, 15) is 9.32 Å². The predicted molar refractivity (Wildman–Crippen MR) is 158 cm³/mol. The summed E-state index contributed by atoms with van der Waals surface area (Å²) in [5.74, 6) is -0.189. The van der Waals surface area contributed by atoms with E-state index in [4.69, 9.17) is 10.4 Å². The summed E-state index contributed by atoms with van der Waals surface area (Å²) in [5.41, 5.74) is 2.51. The van der Waals surface area contributed by atoms with Crippen molar-refractivity contribution in [2.45, 2.75) is 46.5 Å². The Morgan fingerprint density at radius 1 is 1.05 bits per heavy atom. The van der Waals surface area contributed by atoms with Gasteiger partial charge in [-0.2, -0.15) is 0 Å². The van der Waals surface area contributed by atoms with E-state index in [1.165, 1.54) is 12.2 Å². The minimum absolute atomic E-state index is 0.0649. The average Bonchev–Trinajstić information content (AvgIpc) is 3.47. The number of fused-ring (bicyclic) bond motifs is 1. The second-order valence-electron chi connectivity index (χ2n) is 9.56. The number of aromatic nitrogens is 2. The average molecular weight is 526 g/mol. The maximum absolute atomic E-state index is 13.1. The molecule has 0 saturated heterocycles. The van der Waals surface area contributed by atoms with Crippen LogP contribution in [0.1, 0.15) is 46.6 Å². The lowest BCUT2D eigenvalue weighted by Gasteiger charge is -2.37. The number of halogens is 1. The summed E-state index contributed by atoms with van der Waals surface area (Å²) in [4.78, 5) is 20.8. The third-order valence-electron chi connectivity index (χ3n) is 7.09. The Balaban J connectivity index is 0.00000205. The molecule has 1 heterocycles. The predicted octanol–water partition coefficient (Wildman–Crippen LogP) is 8.58. The largest absolute Gasteiger partial charge is 0.375 e. The number of para-hydroxylation sites is 1. The zero-order valence-electron chi connectivity index (χ0n) is 23.2. The monoisotopic (exact) mass is 525 g/mol. The van der Waals surface area contributed by atoms with E-state index in [-0.39, 0.29) is 17.9 Å². The molecule has 0 unspecified atom stereocenters. The van der Waals surface area contributed by atoms with Gasteiger partial charge in [-0.1, -0.05) is 89.2 Å². The van der Waals surface area contributed by atoms with Gasteiger partial charge in [-0.25, -0.2) is 14.7 Å². The number of nitrogens with zero attached hydrogens (tertiary/aromatic N) is 2. The van der Waals surface area contributed by atoms with Gasteiger partial charge < -0.3 is 5.41 Å². The van der Waals surface area contributed by atoms with Crippen LogP contribution in [0.4, 0.5) is 4.53 Å². The summed E-state index contributed by atoms with van der Waals surface area (Å²) in [6.45, 7) is 10.3. The van der Waals surface area contributed by atoms with E-state index in [2.05, 4.69) is 50.0 Å². The molecule has 0 aliphatic rings. The van der Waals surface area contributed by atoms with Gasteiger partial charge in [0.1, 0.15) is 5.82 Å². The van der Waals surface area contributed by atoms with Gasteiger partial charge in [0.15, 0.2) is 0 Å². The smallest absolute Gasteiger partial charge is 0.309 e. The summed E-state index contributed by atoms with van der Waals surface area (Å²) in [6.07, 6.45) is 9.57. The molecule has 0 saturated carbocycles. The zero-order valence-corrected chi connectivity index (χ0v) is 23.2. The van der Waals surface area contributed by atoms with Crippen molar-refractivity contribution in [3.63, 3.8) is 0 Å². The molecule has 0 amide bonds. The van der Waals surface area contributed by atoms with Crippen molar-refractivity contribution in [2.24, 2.45) is 5.92 Å². The molecular weight excluding hydrogens is 489 g/mol. The van der Waals surface area contributed by atoms with Crippen LogP contribution in [0.3, 0.4) is 0 Å². The maximum Gasteiger partial charge on any atom is 0.375 e. The molecule has 0 bridgehead atoms. The molecule has 1 atom stereocenters. The van der Waals surface area contributed by atoms with Crippen molar-refractivity contribution in [3.05, 3.63) is 108 Å². The first-order valence-electron chi connectivity index (χ1n) is 13.2. The number of benzene rings is 3. The van der Waals surface area contributed by atoms with Crippen molar-refractivity contribution >= 4 is 23.0 Å². The van der Waals surface area contributed by atoms with Gasteiger partial charge >= 0.3 is 5.97 Å². The van der Waals surface area contributed by atoms with Crippen molar-refractivity contribution in [1.29, 1.82) is 5.41 Å². The first-order valence-corrected chi connectivity index (χ1v) is 13.2. The van der Waals surface area contributed by atoms with Crippen molar-refractivity contribution < 1.29 is 14.3 Å². The number of nitrogens with one attached hydrogen (secondary N) is 1. The van der Waals surface area contributed by atoms with Crippen molar-refractivity contribution in [2.75, 3.05) is 0 Å². The lowest BCUT2D eigenvalue weighted by molar-refractivity contribution is -0.178. The van der Waals surface area contributed by atoms with Gasteiger partial charge in [0.25, 0.3) is 0 Å². The number of hydrogen-bond acceptors (Lipinski definition) is 4. The van der Waals surface area contributed by atoms with Crippen LogP contribution in [0.15, 0.2) is 103 Å². The lowest BCUT2D eigenvalue weighted by atomic mass is 9.67. The number of hydrogen-bond donors (Lipinski definition) is 1. The molecule has 3 aromatic carbocycles. The van der Waals surface area contributed by atoms with Gasteiger partial charge in [-0.05, 0) is 64.4 Å². The fraction of sp³-hybridized carbons (Fsp3) is 0.242. The molecule has 5 nitrogen and oxygen atoms in total. The maximum atomic E-state index is 13.1. The van der Waals surface area contributed by atoms with Gasteiger partial charge in [0.05, 0.1) is 0 Å². The van der Waals surface area contributed by atoms with Crippen LogP contribution in [0.5, 0.6) is 0 Å². The van der Waals surface area contributed by atoms with Crippen LogP contribution in [-0.4, -0.2) is 21.7 Å². The number of allylic oxidation sites excluding steroid dienone is 3. The van der Waals surface area contributed by atoms with Crippen molar-refractivity contribution in [1.82, 2.24) is 9.55 Å². The summed E-state index contributed by atoms with van der Waals surface area (Å²) in [6, 6.07) is 22.4. The fourth-order valence-electron chi connectivity index (χ4n) is 4.68. The zero-order chi connectivity index (χ0) is 28.4. The Morgan fingerprint density at radius 2 is 1.69 bits per heavy atom. The van der Waals surface area contributed by atoms with Gasteiger partial charge in [-0.3, -0.25) is 4.57 Å². The molecule has 0 aliphatic heterocycles. The van der Waals surface area contributed by atoms with E-state index in [0.717, 1.165) is 39.6 Å². The molecule has 1 N–H and O–H groups in total. The summed E-state index contributed by atoms with van der Waals surface area (Å²) >= 11 is 0. The van der Waals surface area contributed by atoms with Crippen molar-refractivity contribution in [3.8, 4) is 17.1 Å². The Morgan fingerprint density at radius 3 is 2.31 bits per heavy atom. The van der Waals surface area contributed by atoms with Gasteiger partial charge in [0, 0.05) is 40.0 Å². The first-order chi connectivity index (χ1) is 18.9. The SMILES string of the molecule is CC.CC(C)[C@@](C)(C/C(=C\C=C/C=N)C(=O)OF)c1cc2ccccc2cc1-c1nccn1-c1ccccc1. The topological polar surface area (TPSA) is 68.0 Å². The third kappa shape index (κ3) is 6.40. The van der Waals surface area contributed by atoms with Crippen LogP contribution >= 0.6 is 0 Å². The summed E-state index contributed by atoms with van der Waals surface area (Å²) < 4.78 is 15.2. The fourth-order valence-corrected chi connectivity index (χ4v) is 4.68. The highest BCUT2D eigenvalue weighted by Crippen LogP contribution is 2.44. The molecule has 6 heteroatoms. The molecule has 202 valence electrons. The number of carbonyl (C=O) groups is 1. The van der Waals surface area contributed by atoms with E-state index >= 15 is 0 Å². The molecule has 0 aliphatic carbocycles.